The highest BCUT2D eigenvalue weighted by Crippen LogP contribution is 2.29. The van der Waals surface area contributed by atoms with E-state index in [1.807, 2.05) is 12.1 Å². The zero-order valence-corrected chi connectivity index (χ0v) is 16.6. The lowest BCUT2D eigenvalue weighted by Gasteiger charge is -2.28. The van der Waals surface area contributed by atoms with Gasteiger partial charge in [-0.3, -0.25) is 4.79 Å². The van der Waals surface area contributed by atoms with Crippen LogP contribution in [-0.2, 0) is 21.2 Å². The summed E-state index contributed by atoms with van der Waals surface area (Å²) >= 11 is 0. The summed E-state index contributed by atoms with van der Waals surface area (Å²) in [6, 6.07) is 7.83. The molecule has 3 aliphatic rings. The van der Waals surface area contributed by atoms with Crippen LogP contribution < -0.4 is 5.32 Å². The monoisotopic (exact) mass is 391 g/mol. The first kappa shape index (κ1) is 18.9. The van der Waals surface area contributed by atoms with Crippen LogP contribution in [0.4, 0.5) is 0 Å². The van der Waals surface area contributed by atoms with Crippen LogP contribution in [0.15, 0.2) is 29.2 Å². The Hall–Kier alpha value is -1.44. The summed E-state index contributed by atoms with van der Waals surface area (Å²) in [6.45, 7) is 3.14. The van der Waals surface area contributed by atoms with Gasteiger partial charge in [0.25, 0.3) is 0 Å². The van der Waals surface area contributed by atoms with E-state index in [2.05, 4.69) is 10.2 Å². The highest BCUT2D eigenvalue weighted by molar-refractivity contribution is 7.89. The number of carbonyl (C=O) groups excluding carboxylic acids is 1. The molecule has 3 fully saturated rings. The normalized spacial score (nSPS) is 26.3. The lowest BCUT2D eigenvalue weighted by molar-refractivity contribution is -0.133. The number of benzene rings is 1. The number of sulfonamides is 1. The Balaban J connectivity index is 1.37. The van der Waals surface area contributed by atoms with E-state index in [9.17, 15) is 13.2 Å². The van der Waals surface area contributed by atoms with Gasteiger partial charge in [0.1, 0.15) is 0 Å². The molecular weight excluding hydrogens is 362 g/mol. The van der Waals surface area contributed by atoms with Crippen molar-refractivity contribution in [3.8, 4) is 0 Å². The first-order chi connectivity index (χ1) is 13.1. The fourth-order valence-electron chi connectivity index (χ4n) is 4.68. The van der Waals surface area contributed by atoms with Gasteiger partial charge in [0.15, 0.2) is 0 Å². The third kappa shape index (κ3) is 3.91. The second-order valence-corrected chi connectivity index (χ2v) is 9.87. The minimum absolute atomic E-state index is 0.236. The molecule has 1 aromatic carbocycles. The molecule has 0 aromatic heterocycles. The Morgan fingerprint density at radius 1 is 1.04 bits per heavy atom. The summed E-state index contributed by atoms with van der Waals surface area (Å²) in [5.41, 5.74) is 1.02. The lowest BCUT2D eigenvalue weighted by Crippen LogP contribution is -2.42. The number of hydrogen-bond acceptors (Lipinski definition) is 4. The standard InChI is InChI=1S/C20H29N3O3S/c24-20(23-17-6-7-18(23)15-21-12-11-17)10-5-16-3-8-19(9-4-16)27(25,26)22-13-1-2-14-22/h3-4,8-9,17-18,21H,1-2,5-7,10-15H2. The molecule has 3 heterocycles. The summed E-state index contributed by atoms with van der Waals surface area (Å²) < 4.78 is 26.7. The average Bonchev–Trinajstić information content (AvgIpc) is 3.28. The third-order valence-corrected chi connectivity index (χ3v) is 8.11. The minimum Gasteiger partial charge on any atom is -0.335 e. The minimum atomic E-state index is -3.36. The number of rotatable bonds is 5. The Labute approximate surface area is 162 Å². The second kappa shape index (κ2) is 7.89. The molecule has 6 nitrogen and oxygen atoms in total. The Bertz CT molecular complexity index is 758. The summed E-state index contributed by atoms with van der Waals surface area (Å²) in [5.74, 6) is 0.236. The molecule has 0 aliphatic carbocycles. The molecule has 0 saturated carbocycles. The van der Waals surface area contributed by atoms with Gasteiger partial charge in [-0.1, -0.05) is 12.1 Å². The van der Waals surface area contributed by atoms with E-state index in [1.54, 1.807) is 16.4 Å². The van der Waals surface area contributed by atoms with Crippen molar-refractivity contribution >= 4 is 15.9 Å². The van der Waals surface area contributed by atoms with Gasteiger partial charge < -0.3 is 10.2 Å². The predicted octanol–water partition coefficient (Wildman–Crippen LogP) is 1.76. The predicted molar refractivity (Wildman–Crippen MR) is 104 cm³/mol. The van der Waals surface area contributed by atoms with Crippen molar-refractivity contribution in [2.45, 2.75) is 61.9 Å². The number of carbonyl (C=O) groups is 1. The number of nitrogens with one attached hydrogen (secondary N) is 1. The van der Waals surface area contributed by atoms with Gasteiger partial charge in [0.2, 0.25) is 15.9 Å². The maximum Gasteiger partial charge on any atom is 0.243 e. The molecule has 2 bridgehead atoms. The highest BCUT2D eigenvalue weighted by atomic mass is 32.2. The molecule has 1 aromatic rings. The quantitative estimate of drug-likeness (QED) is 0.830. The number of fused-ring (bicyclic) bond motifs is 2. The summed E-state index contributed by atoms with van der Waals surface area (Å²) in [4.78, 5) is 15.3. The molecule has 1 amide bonds. The Morgan fingerprint density at radius 3 is 2.48 bits per heavy atom. The van der Waals surface area contributed by atoms with Gasteiger partial charge in [-0.05, 0) is 62.8 Å². The van der Waals surface area contributed by atoms with Crippen LogP contribution in [0.3, 0.4) is 0 Å². The maximum atomic E-state index is 12.8. The summed E-state index contributed by atoms with van der Waals surface area (Å²) in [6.07, 6.45) is 6.30. The van der Waals surface area contributed by atoms with E-state index < -0.39 is 10.0 Å². The van der Waals surface area contributed by atoms with Crippen LogP contribution in [0, 0.1) is 0 Å². The largest absolute Gasteiger partial charge is 0.335 e. The smallest absolute Gasteiger partial charge is 0.243 e. The number of nitrogens with zero attached hydrogens (tertiary/aromatic N) is 2. The van der Waals surface area contributed by atoms with E-state index in [4.69, 9.17) is 0 Å². The van der Waals surface area contributed by atoms with Gasteiger partial charge in [-0.2, -0.15) is 4.31 Å². The number of aryl methyl sites for hydroxylation is 1. The van der Waals surface area contributed by atoms with E-state index in [-0.39, 0.29) is 5.91 Å². The lowest BCUT2D eigenvalue weighted by atomic mass is 10.1. The SMILES string of the molecule is O=C(CCc1ccc(S(=O)(=O)N2CCCC2)cc1)N1C2CCNCC1CC2. The first-order valence-electron chi connectivity index (χ1n) is 10.2. The van der Waals surface area contributed by atoms with E-state index in [0.29, 0.717) is 42.9 Å². The number of amides is 1. The van der Waals surface area contributed by atoms with Crippen LogP contribution >= 0.6 is 0 Å². The topological polar surface area (TPSA) is 69.7 Å². The van der Waals surface area contributed by atoms with E-state index in [0.717, 1.165) is 50.8 Å². The molecule has 2 unspecified atom stereocenters. The Morgan fingerprint density at radius 2 is 1.74 bits per heavy atom. The van der Waals surface area contributed by atoms with Crippen LogP contribution in [-0.4, -0.2) is 61.8 Å². The molecule has 0 spiro atoms. The van der Waals surface area contributed by atoms with Gasteiger partial charge in [0.05, 0.1) is 4.90 Å². The molecule has 27 heavy (non-hydrogen) atoms. The van der Waals surface area contributed by atoms with Crippen molar-refractivity contribution < 1.29 is 13.2 Å². The summed E-state index contributed by atoms with van der Waals surface area (Å²) in [7, 11) is -3.36. The highest BCUT2D eigenvalue weighted by Gasteiger charge is 2.37. The van der Waals surface area contributed by atoms with Crippen LogP contribution in [0.25, 0.3) is 0 Å². The zero-order valence-electron chi connectivity index (χ0n) is 15.8. The van der Waals surface area contributed by atoms with E-state index in [1.165, 1.54) is 0 Å². The van der Waals surface area contributed by atoms with Crippen molar-refractivity contribution in [1.29, 1.82) is 0 Å². The molecular formula is C20H29N3O3S. The molecule has 1 N–H and O–H groups in total. The molecule has 0 radical (unpaired) electrons. The number of hydrogen-bond donors (Lipinski definition) is 1. The van der Waals surface area contributed by atoms with Crippen molar-refractivity contribution in [2.75, 3.05) is 26.2 Å². The first-order valence-corrected chi connectivity index (χ1v) is 11.6. The fraction of sp³-hybridized carbons (Fsp3) is 0.650. The molecule has 148 valence electrons. The van der Waals surface area contributed by atoms with Gasteiger partial charge in [0, 0.05) is 38.1 Å². The summed E-state index contributed by atoms with van der Waals surface area (Å²) in [5, 5.41) is 3.43. The molecule has 3 aliphatic heterocycles. The average molecular weight is 392 g/mol. The van der Waals surface area contributed by atoms with Crippen LogP contribution in [0.1, 0.15) is 44.1 Å². The van der Waals surface area contributed by atoms with Gasteiger partial charge >= 0.3 is 0 Å². The van der Waals surface area contributed by atoms with Crippen molar-refractivity contribution in [3.05, 3.63) is 29.8 Å². The third-order valence-electron chi connectivity index (χ3n) is 6.20. The van der Waals surface area contributed by atoms with Gasteiger partial charge in [-0.25, -0.2) is 8.42 Å². The van der Waals surface area contributed by atoms with Crippen molar-refractivity contribution in [3.63, 3.8) is 0 Å². The Kier molecular flexibility index (Phi) is 5.53. The molecule has 7 heteroatoms. The van der Waals surface area contributed by atoms with Crippen LogP contribution in [0.5, 0.6) is 0 Å². The van der Waals surface area contributed by atoms with E-state index >= 15 is 0 Å². The van der Waals surface area contributed by atoms with Crippen molar-refractivity contribution in [2.24, 2.45) is 0 Å². The molecule has 2 atom stereocenters. The molecule has 4 rings (SSSR count). The molecule has 3 saturated heterocycles. The zero-order chi connectivity index (χ0) is 18.9. The maximum absolute atomic E-state index is 12.8. The fourth-order valence-corrected chi connectivity index (χ4v) is 6.19. The second-order valence-electron chi connectivity index (χ2n) is 7.93. The van der Waals surface area contributed by atoms with Crippen molar-refractivity contribution in [1.82, 2.24) is 14.5 Å². The van der Waals surface area contributed by atoms with Crippen LogP contribution in [0.2, 0.25) is 0 Å². The van der Waals surface area contributed by atoms with Gasteiger partial charge in [-0.15, -0.1) is 0 Å².